The van der Waals surface area contributed by atoms with Crippen LogP contribution in [0.2, 0.25) is 0 Å². The van der Waals surface area contributed by atoms with Gasteiger partial charge in [-0.05, 0) is 30.6 Å². The fourth-order valence-electron chi connectivity index (χ4n) is 2.48. The Hall–Kier alpha value is -1.04. The summed E-state index contributed by atoms with van der Waals surface area (Å²) in [5.74, 6) is 2.14. The summed E-state index contributed by atoms with van der Waals surface area (Å²) in [6.45, 7) is 8.20. The van der Waals surface area contributed by atoms with Crippen molar-refractivity contribution in [3.05, 3.63) is 0 Å². The lowest BCUT2D eigenvalue weighted by Gasteiger charge is -2.36. The predicted molar refractivity (Wildman–Crippen MR) is 65.6 cm³/mol. The van der Waals surface area contributed by atoms with Crippen LogP contribution in [0.15, 0.2) is 0 Å². The van der Waals surface area contributed by atoms with Gasteiger partial charge in [-0.1, -0.05) is 27.2 Å². The molecule has 3 atom stereocenters. The Morgan fingerprint density at radius 1 is 1.44 bits per heavy atom. The van der Waals surface area contributed by atoms with E-state index in [2.05, 4.69) is 26.1 Å². The van der Waals surface area contributed by atoms with E-state index in [1.807, 2.05) is 0 Å². The van der Waals surface area contributed by atoms with Crippen LogP contribution in [0.25, 0.3) is 0 Å². The molecule has 1 fully saturated rings. The molecule has 1 aliphatic rings. The minimum absolute atomic E-state index is 0.418. The Kier molecular flexibility index (Phi) is 7.62. The summed E-state index contributed by atoms with van der Waals surface area (Å²) in [5.41, 5.74) is 0. The molecular formula is C13H24N2O. The van der Waals surface area contributed by atoms with Gasteiger partial charge in [-0.2, -0.15) is 5.26 Å². The van der Waals surface area contributed by atoms with Gasteiger partial charge in [0, 0.05) is 13.0 Å². The Labute approximate surface area is 99.2 Å². The number of rotatable bonds is 3. The van der Waals surface area contributed by atoms with E-state index < -0.39 is 0 Å². The Balaban J connectivity index is 0.000000673. The lowest BCUT2D eigenvalue weighted by Crippen LogP contribution is -2.42. The highest BCUT2D eigenvalue weighted by molar-refractivity contribution is 5.46. The van der Waals surface area contributed by atoms with Gasteiger partial charge in [0.1, 0.15) is 0 Å². The normalized spacial score (nSPS) is 28.6. The SMILES string of the molecule is CC#N.CC1CCC(C(C)C)C(NC=O)C1. The van der Waals surface area contributed by atoms with Gasteiger partial charge in [-0.25, -0.2) is 0 Å². The molecule has 1 rings (SSSR count). The largest absolute Gasteiger partial charge is 0.356 e. The molecule has 92 valence electrons. The number of nitriles is 1. The molecule has 0 aromatic carbocycles. The zero-order valence-corrected chi connectivity index (χ0v) is 10.9. The average molecular weight is 224 g/mol. The van der Waals surface area contributed by atoms with Gasteiger partial charge < -0.3 is 5.32 Å². The minimum atomic E-state index is 0.418. The van der Waals surface area contributed by atoms with Crippen LogP contribution >= 0.6 is 0 Å². The Morgan fingerprint density at radius 2 is 2.00 bits per heavy atom. The van der Waals surface area contributed by atoms with Crippen LogP contribution in [-0.2, 0) is 4.79 Å². The maximum Gasteiger partial charge on any atom is 0.207 e. The molecule has 1 amide bonds. The minimum Gasteiger partial charge on any atom is -0.356 e. The van der Waals surface area contributed by atoms with Crippen molar-refractivity contribution in [1.29, 1.82) is 5.26 Å². The van der Waals surface area contributed by atoms with Crippen molar-refractivity contribution in [3.63, 3.8) is 0 Å². The quantitative estimate of drug-likeness (QED) is 0.749. The van der Waals surface area contributed by atoms with Crippen LogP contribution in [0.5, 0.6) is 0 Å². The number of amides is 1. The first-order chi connectivity index (χ1) is 7.56. The van der Waals surface area contributed by atoms with Crippen molar-refractivity contribution in [2.45, 2.75) is 53.0 Å². The second-order valence-electron chi connectivity index (χ2n) is 4.94. The molecule has 0 aliphatic heterocycles. The number of carbonyl (C=O) groups is 1. The third-order valence-electron chi connectivity index (χ3n) is 3.30. The van der Waals surface area contributed by atoms with Crippen LogP contribution < -0.4 is 5.32 Å². The van der Waals surface area contributed by atoms with E-state index in [1.54, 1.807) is 6.07 Å². The molecule has 0 aromatic heterocycles. The molecular weight excluding hydrogens is 200 g/mol. The van der Waals surface area contributed by atoms with E-state index >= 15 is 0 Å². The standard InChI is InChI=1S/C11H21NO.C2H3N/c1-8(2)10-5-4-9(3)6-11(10)12-7-13;1-2-3/h7-11H,4-6H2,1-3H3,(H,12,13);1H3. The van der Waals surface area contributed by atoms with Gasteiger partial charge in [0.2, 0.25) is 6.41 Å². The first-order valence-corrected chi connectivity index (χ1v) is 6.07. The van der Waals surface area contributed by atoms with Gasteiger partial charge in [0.25, 0.3) is 0 Å². The smallest absolute Gasteiger partial charge is 0.207 e. The third-order valence-corrected chi connectivity index (χ3v) is 3.30. The van der Waals surface area contributed by atoms with Gasteiger partial charge >= 0.3 is 0 Å². The lowest BCUT2D eigenvalue weighted by molar-refractivity contribution is -0.111. The molecule has 1 aliphatic carbocycles. The fourth-order valence-corrected chi connectivity index (χ4v) is 2.48. The topological polar surface area (TPSA) is 52.9 Å². The highest BCUT2D eigenvalue weighted by Gasteiger charge is 2.29. The lowest BCUT2D eigenvalue weighted by atomic mass is 9.74. The van der Waals surface area contributed by atoms with E-state index in [0.717, 1.165) is 18.7 Å². The highest BCUT2D eigenvalue weighted by atomic mass is 16.1. The summed E-state index contributed by atoms with van der Waals surface area (Å²) in [7, 11) is 0. The van der Waals surface area contributed by atoms with E-state index in [0.29, 0.717) is 17.9 Å². The molecule has 3 unspecified atom stereocenters. The van der Waals surface area contributed by atoms with Crippen molar-refractivity contribution in [3.8, 4) is 6.07 Å². The Bertz CT molecular complexity index is 233. The van der Waals surface area contributed by atoms with Gasteiger partial charge in [0.15, 0.2) is 0 Å². The maximum atomic E-state index is 10.4. The number of nitrogens with zero attached hydrogens (tertiary/aromatic N) is 1. The van der Waals surface area contributed by atoms with Crippen LogP contribution in [0.3, 0.4) is 0 Å². The molecule has 0 spiro atoms. The molecule has 1 saturated carbocycles. The highest BCUT2D eigenvalue weighted by Crippen LogP contribution is 2.33. The fraction of sp³-hybridized carbons (Fsp3) is 0.846. The zero-order chi connectivity index (χ0) is 12.6. The second-order valence-corrected chi connectivity index (χ2v) is 4.94. The van der Waals surface area contributed by atoms with Gasteiger partial charge in [-0.15, -0.1) is 0 Å². The summed E-state index contributed by atoms with van der Waals surface area (Å²) in [6.07, 6.45) is 4.60. The second kappa shape index (κ2) is 8.15. The summed E-state index contributed by atoms with van der Waals surface area (Å²) in [4.78, 5) is 10.4. The molecule has 0 heterocycles. The summed E-state index contributed by atoms with van der Waals surface area (Å²) in [6, 6.07) is 2.17. The van der Waals surface area contributed by atoms with Gasteiger partial charge in [0.05, 0.1) is 6.07 Å². The zero-order valence-electron chi connectivity index (χ0n) is 10.9. The van der Waals surface area contributed by atoms with Crippen LogP contribution in [0.1, 0.15) is 47.0 Å². The molecule has 3 nitrogen and oxygen atoms in total. The molecule has 0 radical (unpaired) electrons. The first-order valence-electron chi connectivity index (χ1n) is 6.07. The number of hydrogen-bond donors (Lipinski definition) is 1. The van der Waals surface area contributed by atoms with E-state index in [4.69, 9.17) is 5.26 Å². The van der Waals surface area contributed by atoms with Crippen molar-refractivity contribution >= 4 is 6.41 Å². The van der Waals surface area contributed by atoms with Crippen molar-refractivity contribution in [2.24, 2.45) is 17.8 Å². The Morgan fingerprint density at radius 3 is 2.44 bits per heavy atom. The number of nitrogens with one attached hydrogen (secondary N) is 1. The van der Waals surface area contributed by atoms with E-state index in [1.165, 1.54) is 19.8 Å². The molecule has 0 saturated heterocycles. The summed E-state index contributed by atoms with van der Waals surface area (Å²) >= 11 is 0. The molecule has 0 aromatic rings. The van der Waals surface area contributed by atoms with E-state index in [-0.39, 0.29) is 0 Å². The third kappa shape index (κ3) is 5.16. The van der Waals surface area contributed by atoms with Crippen LogP contribution in [0, 0.1) is 29.1 Å². The predicted octanol–water partition coefficient (Wildman–Crippen LogP) is 2.72. The van der Waals surface area contributed by atoms with Crippen molar-refractivity contribution in [1.82, 2.24) is 5.32 Å². The molecule has 3 heteroatoms. The molecule has 1 N–H and O–H groups in total. The number of carbonyl (C=O) groups excluding carboxylic acids is 1. The molecule has 16 heavy (non-hydrogen) atoms. The van der Waals surface area contributed by atoms with Crippen LogP contribution in [0.4, 0.5) is 0 Å². The van der Waals surface area contributed by atoms with Crippen molar-refractivity contribution < 1.29 is 4.79 Å². The summed E-state index contributed by atoms with van der Waals surface area (Å²) in [5, 5.41) is 10.3. The van der Waals surface area contributed by atoms with Gasteiger partial charge in [-0.3, -0.25) is 4.79 Å². The first kappa shape index (κ1) is 15.0. The number of hydrogen-bond acceptors (Lipinski definition) is 2. The van der Waals surface area contributed by atoms with Crippen LogP contribution in [-0.4, -0.2) is 12.5 Å². The van der Waals surface area contributed by atoms with Crippen molar-refractivity contribution in [2.75, 3.05) is 0 Å². The average Bonchev–Trinajstić information content (AvgIpc) is 2.19. The van der Waals surface area contributed by atoms with E-state index in [9.17, 15) is 4.79 Å². The molecule has 0 bridgehead atoms. The monoisotopic (exact) mass is 224 g/mol. The maximum absolute atomic E-state index is 10.4. The summed E-state index contributed by atoms with van der Waals surface area (Å²) < 4.78 is 0.